The van der Waals surface area contributed by atoms with Crippen molar-refractivity contribution >= 4 is 11.6 Å². The molecule has 0 aliphatic carbocycles. The third kappa shape index (κ3) is 1.86. The summed E-state index contributed by atoms with van der Waals surface area (Å²) < 4.78 is 5.11. The second-order valence-corrected chi connectivity index (χ2v) is 3.95. The lowest BCUT2D eigenvalue weighted by molar-refractivity contribution is 0.414. The van der Waals surface area contributed by atoms with E-state index < -0.39 is 0 Å². The van der Waals surface area contributed by atoms with Gasteiger partial charge in [0.25, 0.3) is 0 Å². The molecule has 0 aromatic heterocycles. The number of hydrogen-bond donors (Lipinski definition) is 1. The van der Waals surface area contributed by atoms with Crippen LogP contribution in [0.1, 0.15) is 24.4 Å². The van der Waals surface area contributed by atoms with Crippen LogP contribution < -0.4 is 10.1 Å². The Morgan fingerprint density at radius 2 is 2.36 bits per heavy atom. The van der Waals surface area contributed by atoms with Crippen molar-refractivity contribution in [1.82, 2.24) is 5.32 Å². The maximum Gasteiger partial charge on any atom is 0.137 e. The molecule has 0 bridgehead atoms. The Bertz CT molecular complexity index is 321. The van der Waals surface area contributed by atoms with Gasteiger partial charge in [-0.05, 0) is 37.1 Å². The van der Waals surface area contributed by atoms with Gasteiger partial charge >= 0.3 is 0 Å². The van der Waals surface area contributed by atoms with Crippen LogP contribution >= 0.6 is 11.6 Å². The Balaban J connectivity index is 2.23. The number of ether oxygens (including phenoxy) is 1. The minimum atomic E-state index is 0.471. The number of methoxy groups -OCH3 is 1. The molecular weight excluding hydrogens is 198 g/mol. The smallest absolute Gasteiger partial charge is 0.137 e. The zero-order chi connectivity index (χ0) is 9.97. The fourth-order valence-corrected chi connectivity index (χ4v) is 2.13. The summed E-state index contributed by atoms with van der Waals surface area (Å²) in [6.07, 6.45) is 2.44. The number of nitrogens with one attached hydrogen (secondary N) is 1. The molecule has 1 N–H and O–H groups in total. The highest BCUT2D eigenvalue weighted by Crippen LogP contribution is 2.30. The van der Waals surface area contributed by atoms with Crippen LogP contribution in [0.15, 0.2) is 18.2 Å². The van der Waals surface area contributed by atoms with Crippen molar-refractivity contribution in [2.24, 2.45) is 0 Å². The maximum atomic E-state index is 6.06. The summed E-state index contributed by atoms with van der Waals surface area (Å²) in [5, 5.41) is 4.13. The Morgan fingerprint density at radius 3 is 2.93 bits per heavy atom. The van der Waals surface area contributed by atoms with E-state index in [1.54, 1.807) is 7.11 Å². The Hall–Kier alpha value is -0.730. The number of hydrogen-bond acceptors (Lipinski definition) is 2. The Kier molecular flexibility index (Phi) is 2.94. The van der Waals surface area contributed by atoms with Gasteiger partial charge < -0.3 is 10.1 Å². The third-order valence-electron chi connectivity index (χ3n) is 2.64. The van der Waals surface area contributed by atoms with Crippen molar-refractivity contribution in [3.63, 3.8) is 0 Å². The van der Waals surface area contributed by atoms with Crippen LogP contribution in [-0.2, 0) is 0 Å². The highest BCUT2D eigenvalue weighted by Gasteiger charge is 2.16. The fraction of sp³-hybridized carbons (Fsp3) is 0.455. The normalized spacial score (nSPS) is 21.1. The molecule has 0 radical (unpaired) electrons. The second-order valence-electron chi connectivity index (χ2n) is 3.54. The minimum absolute atomic E-state index is 0.471. The van der Waals surface area contributed by atoms with Crippen molar-refractivity contribution in [1.29, 1.82) is 0 Å². The summed E-state index contributed by atoms with van der Waals surface area (Å²) in [7, 11) is 1.63. The van der Waals surface area contributed by atoms with Crippen LogP contribution in [0, 0.1) is 0 Å². The largest absolute Gasteiger partial charge is 0.495 e. The first-order valence-electron chi connectivity index (χ1n) is 4.88. The SMILES string of the molecule is COc1ccc([C@H]2CCCN2)cc1Cl. The second kappa shape index (κ2) is 4.20. The van der Waals surface area contributed by atoms with Gasteiger partial charge in [-0.15, -0.1) is 0 Å². The standard InChI is InChI=1S/C11H14ClNO/c1-14-11-5-4-8(7-9(11)12)10-3-2-6-13-10/h4-5,7,10,13H,2-3,6H2,1H3/t10-/m1/s1. The molecule has 1 aromatic rings. The van der Waals surface area contributed by atoms with Crippen LogP contribution in [0.5, 0.6) is 5.75 Å². The van der Waals surface area contributed by atoms with E-state index >= 15 is 0 Å². The summed E-state index contributed by atoms with van der Waals surface area (Å²) in [5.41, 5.74) is 1.26. The molecule has 1 saturated heterocycles. The number of benzene rings is 1. The van der Waals surface area contributed by atoms with Crippen LogP contribution in [0.25, 0.3) is 0 Å². The lowest BCUT2D eigenvalue weighted by Crippen LogP contribution is -2.12. The van der Waals surface area contributed by atoms with Gasteiger partial charge in [0.1, 0.15) is 5.75 Å². The molecule has 14 heavy (non-hydrogen) atoms. The molecular formula is C11H14ClNO. The van der Waals surface area contributed by atoms with E-state index in [2.05, 4.69) is 11.4 Å². The summed E-state index contributed by atoms with van der Waals surface area (Å²) >= 11 is 6.06. The summed E-state index contributed by atoms with van der Waals surface area (Å²) in [6, 6.07) is 6.47. The first kappa shape index (κ1) is 9.81. The van der Waals surface area contributed by atoms with Gasteiger partial charge in [0.05, 0.1) is 12.1 Å². The molecule has 1 aliphatic heterocycles. The molecule has 1 aromatic carbocycles. The zero-order valence-electron chi connectivity index (χ0n) is 8.22. The molecule has 2 rings (SSSR count). The van der Waals surface area contributed by atoms with Crippen molar-refractivity contribution in [3.05, 3.63) is 28.8 Å². The van der Waals surface area contributed by atoms with Gasteiger partial charge in [0.15, 0.2) is 0 Å². The van der Waals surface area contributed by atoms with Gasteiger partial charge in [-0.25, -0.2) is 0 Å². The molecule has 1 fully saturated rings. The molecule has 0 unspecified atom stereocenters. The lowest BCUT2D eigenvalue weighted by Gasteiger charge is -2.12. The fourth-order valence-electron chi connectivity index (χ4n) is 1.87. The van der Waals surface area contributed by atoms with Crippen molar-refractivity contribution < 1.29 is 4.74 Å². The quantitative estimate of drug-likeness (QED) is 0.813. The molecule has 0 amide bonds. The van der Waals surface area contributed by atoms with Crippen molar-refractivity contribution in [2.75, 3.05) is 13.7 Å². The summed E-state index contributed by atoms with van der Waals surface area (Å²) in [6.45, 7) is 1.11. The number of rotatable bonds is 2. The Morgan fingerprint density at radius 1 is 1.50 bits per heavy atom. The van der Waals surface area contributed by atoms with E-state index in [4.69, 9.17) is 16.3 Å². The maximum absolute atomic E-state index is 6.06. The van der Waals surface area contributed by atoms with E-state index in [1.165, 1.54) is 18.4 Å². The molecule has 1 heterocycles. The van der Waals surface area contributed by atoms with Gasteiger partial charge in [0.2, 0.25) is 0 Å². The third-order valence-corrected chi connectivity index (χ3v) is 2.93. The molecule has 76 valence electrons. The zero-order valence-corrected chi connectivity index (χ0v) is 8.97. The first-order chi connectivity index (χ1) is 6.81. The van der Waals surface area contributed by atoms with Crippen LogP contribution in [0.2, 0.25) is 5.02 Å². The van der Waals surface area contributed by atoms with E-state index in [1.807, 2.05) is 12.1 Å². The lowest BCUT2D eigenvalue weighted by atomic mass is 10.1. The van der Waals surface area contributed by atoms with E-state index in [-0.39, 0.29) is 0 Å². The minimum Gasteiger partial charge on any atom is -0.495 e. The average molecular weight is 212 g/mol. The molecule has 0 saturated carbocycles. The number of halogens is 1. The van der Waals surface area contributed by atoms with Gasteiger partial charge in [-0.1, -0.05) is 17.7 Å². The van der Waals surface area contributed by atoms with Crippen LogP contribution in [-0.4, -0.2) is 13.7 Å². The van der Waals surface area contributed by atoms with E-state index in [0.717, 1.165) is 12.3 Å². The molecule has 3 heteroatoms. The summed E-state index contributed by atoms with van der Waals surface area (Å²) in [4.78, 5) is 0. The van der Waals surface area contributed by atoms with Crippen molar-refractivity contribution in [3.8, 4) is 5.75 Å². The van der Waals surface area contributed by atoms with Gasteiger partial charge in [0, 0.05) is 6.04 Å². The summed E-state index contributed by atoms with van der Waals surface area (Å²) in [5.74, 6) is 0.744. The molecule has 1 aliphatic rings. The Labute approximate surface area is 89.2 Å². The van der Waals surface area contributed by atoms with Crippen LogP contribution in [0.4, 0.5) is 0 Å². The van der Waals surface area contributed by atoms with Crippen molar-refractivity contribution in [2.45, 2.75) is 18.9 Å². The molecule has 2 nitrogen and oxygen atoms in total. The monoisotopic (exact) mass is 211 g/mol. The van der Waals surface area contributed by atoms with E-state index in [9.17, 15) is 0 Å². The molecule has 1 atom stereocenters. The first-order valence-corrected chi connectivity index (χ1v) is 5.26. The van der Waals surface area contributed by atoms with Gasteiger partial charge in [-0.2, -0.15) is 0 Å². The topological polar surface area (TPSA) is 21.3 Å². The predicted octanol–water partition coefficient (Wildman–Crippen LogP) is 2.77. The highest BCUT2D eigenvalue weighted by atomic mass is 35.5. The predicted molar refractivity (Wildman–Crippen MR) is 58.0 cm³/mol. The van der Waals surface area contributed by atoms with Crippen LogP contribution in [0.3, 0.4) is 0 Å². The van der Waals surface area contributed by atoms with Gasteiger partial charge in [-0.3, -0.25) is 0 Å². The highest BCUT2D eigenvalue weighted by molar-refractivity contribution is 6.32. The molecule has 0 spiro atoms. The average Bonchev–Trinajstić information content (AvgIpc) is 2.70. The van der Waals surface area contributed by atoms with E-state index in [0.29, 0.717) is 11.1 Å².